The molecule has 1 rings (SSSR count). The second-order valence-corrected chi connectivity index (χ2v) is 4.82. The van der Waals surface area contributed by atoms with E-state index in [0.717, 1.165) is 6.29 Å². The van der Waals surface area contributed by atoms with E-state index in [1.165, 1.54) is 13.8 Å². The number of hydrogen-bond donors (Lipinski definition) is 6. The summed E-state index contributed by atoms with van der Waals surface area (Å²) in [5, 5.41) is 26.1. The summed E-state index contributed by atoms with van der Waals surface area (Å²) < 4.78 is 4.85. The van der Waals surface area contributed by atoms with E-state index in [4.69, 9.17) is 20.2 Å². The van der Waals surface area contributed by atoms with Gasteiger partial charge in [-0.3, -0.25) is 0 Å². The molecule has 2 amide bonds. The minimum atomic E-state index is -1.42. The van der Waals surface area contributed by atoms with Crippen LogP contribution < -0.4 is 16.4 Å². The molecule has 1 heterocycles. The van der Waals surface area contributed by atoms with Gasteiger partial charge in [-0.05, 0) is 13.8 Å². The molecule has 0 bridgehead atoms. The number of thiol groups is 1. The van der Waals surface area contributed by atoms with E-state index in [1.54, 1.807) is 0 Å². The molecule has 12 heteroatoms. The van der Waals surface area contributed by atoms with E-state index in [0.29, 0.717) is 5.75 Å². The third-order valence-electron chi connectivity index (χ3n) is 2.45. The van der Waals surface area contributed by atoms with Crippen molar-refractivity contribution in [3.63, 3.8) is 0 Å². The fraction of sp³-hybridized carbons (Fsp3) is 0.500. The summed E-state index contributed by atoms with van der Waals surface area (Å²) in [6, 6.07) is -2.69. The number of aliphatic hydroxyl groups is 1. The van der Waals surface area contributed by atoms with Crippen molar-refractivity contribution in [1.29, 1.82) is 0 Å². The van der Waals surface area contributed by atoms with Gasteiger partial charge in [0.1, 0.15) is 6.29 Å². The number of nitrogens with zero attached hydrogens (tertiary/aromatic N) is 2. The number of nitrogens with one attached hydrogen (secondary N) is 2. The highest BCUT2D eigenvalue weighted by atomic mass is 32.1. The Morgan fingerprint density at radius 3 is 2.42 bits per heavy atom. The van der Waals surface area contributed by atoms with Crippen molar-refractivity contribution in [2.75, 3.05) is 5.75 Å². The van der Waals surface area contributed by atoms with Gasteiger partial charge in [-0.25, -0.2) is 9.59 Å². The van der Waals surface area contributed by atoms with Crippen molar-refractivity contribution in [2.24, 2.45) is 5.73 Å². The van der Waals surface area contributed by atoms with Gasteiger partial charge in [0.2, 0.25) is 5.89 Å². The molecule has 1 aromatic heterocycles. The molecule has 0 spiro atoms. The van der Waals surface area contributed by atoms with E-state index in [1.807, 2.05) is 0 Å². The standard InChI is InChI=1S/C10H17N5O5S.C2H4O.C2H2/c1-4(16)7(9(17)18)14-10(19)12-2-6-13-8(15-20-6)5(11)3-21;1-2-3;1-2/h4-5,7,16,21H,2-3,11H2,1H3,(H,17,18)(H2,12,14,19);2H,1H3;1-2H/t4?,5-,7?;;/m0../s1. The van der Waals surface area contributed by atoms with E-state index in [9.17, 15) is 14.7 Å². The third kappa shape index (κ3) is 10.3. The summed E-state index contributed by atoms with van der Waals surface area (Å²) in [6.45, 7) is 2.59. The molecule has 0 fully saturated rings. The van der Waals surface area contributed by atoms with Crippen LogP contribution in [0.4, 0.5) is 4.79 Å². The van der Waals surface area contributed by atoms with E-state index < -0.39 is 30.2 Å². The number of aliphatic hydroxyl groups excluding tert-OH is 1. The molecule has 146 valence electrons. The largest absolute Gasteiger partial charge is 0.480 e. The van der Waals surface area contributed by atoms with Crippen molar-refractivity contribution in [3.05, 3.63) is 11.7 Å². The Labute approximate surface area is 156 Å². The molecule has 0 radical (unpaired) electrons. The lowest BCUT2D eigenvalue weighted by Gasteiger charge is -2.16. The average molecular weight is 389 g/mol. The van der Waals surface area contributed by atoms with Crippen LogP contribution in [0.1, 0.15) is 31.6 Å². The van der Waals surface area contributed by atoms with Gasteiger partial charge in [-0.15, -0.1) is 12.8 Å². The highest BCUT2D eigenvalue weighted by Crippen LogP contribution is 2.07. The van der Waals surface area contributed by atoms with Crippen molar-refractivity contribution >= 4 is 30.9 Å². The highest BCUT2D eigenvalue weighted by molar-refractivity contribution is 7.80. The summed E-state index contributed by atoms with van der Waals surface area (Å²) in [5.41, 5.74) is 5.64. The number of hydrogen-bond acceptors (Lipinski definition) is 9. The minimum Gasteiger partial charge on any atom is -0.480 e. The number of aldehydes is 1. The fourth-order valence-electron chi connectivity index (χ4n) is 1.31. The maximum atomic E-state index is 11.5. The van der Waals surface area contributed by atoms with Crippen molar-refractivity contribution in [3.8, 4) is 12.8 Å². The van der Waals surface area contributed by atoms with Crippen LogP contribution in [0.5, 0.6) is 0 Å². The first-order chi connectivity index (χ1) is 12.3. The predicted molar refractivity (Wildman–Crippen MR) is 95.2 cm³/mol. The molecule has 1 aromatic rings. The zero-order chi connectivity index (χ0) is 20.7. The van der Waals surface area contributed by atoms with Crippen molar-refractivity contribution in [1.82, 2.24) is 20.8 Å². The Balaban J connectivity index is 0. The Kier molecular flexibility index (Phi) is 14.5. The van der Waals surface area contributed by atoms with Gasteiger partial charge in [-0.2, -0.15) is 17.6 Å². The zero-order valence-corrected chi connectivity index (χ0v) is 15.2. The second-order valence-electron chi connectivity index (χ2n) is 4.45. The number of carbonyl (C=O) groups is 3. The fourth-order valence-corrected chi connectivity index (χ4v) is 1.47. The SMILES string of the molecule is C#C.CC(O)C(NC(=O)NCc1nc([C@@H](N)CS)no1)C(=O)O.CC=O. The zero-order valence-electron chi connectivity index (χ0n) is 14.3. The number of terminal acetylenes is 1. The lowest BCUT2D eigenvalue weighted by molar-refractivity contribution is -0.141. The molecule has 0 aliphatic carbocycles. The molecule has 0 aromatic carbocycles. The van der Waals surface area contributed by atoms with Crippen LogP contribution in [0, 0.1) is 12.8 Å². The van der Waals surface area contributed by atoms with Crippen molar-refractivity contribution < 1.29 is 29.1 Å². The molecule has 0 aliphatic heterocycles. The molecule has 0 aliphatic rings. The molecule has 0 saturated heterocycles. The van der Waals surface area contributed by atoms with Gasteiger partial charge < -0.3 is 35.9 Å². The topological polar surface area (TPSA) is 181 Å². The number of amides is 2. The molecular weight excluding hydrogens is 366 g/mol. The van der Waals surface area contributed by atoms with Crippen LogP contribution in [-0.2, 0) is 16.1 Å². The van der Waals surface area contributed by atoms with Crippen LogP contribution in [0.2, 0.25) is 0 Å². The van der Waals surface area contributed by atoms with Crippen LogP contribution in [0.3, 0.4) is 0 Å². The molecule has 0 saturated carbocycles. The Hall–Kier alpha value is -2.62. The number of carboxylic acid groups (broad SMARTS) is 1. The summed E-state index contributed by atoms with van der Waals surface area (Å²) in [5.74, 6) is -0.641. The van der Waals surface area contributed by atoms with Crippen LogP contribution in [0.25, 0.3) is 0 Å². The number of nitrogens with two attached hydrogens (primary N) is 1. The first-order valence-corrected chi connectivity index (χ1v) is 7.77. The molecule has 11 nitrogen and oxygen atoms in total. The molecular formula is C14H23N5O6S. The molecule has 2 unspecified atom stereocenters. The summed E-state index contributed by atoms with van der Waals surface area (Å²) in [6.07, 6.45) is 7.51. The maximum Gasteiger partial charge on any atom is 0.328 e. The maximum absolute atomic E-state index is 11.5. The van der Waals surface area contributed by atoms with E-state index in [-0.39, 0.29) is 18.3 Å². The highest BCUT2D eigenvalue weighted by Gasteiger charge is 2.25. The Bertz CT molecular complexity index is 577. The lowest BCUT2D eigenvalue weighted by atomic mass is 10.2. The quantitative estimate of drug-likeness (QED) is 0.195. The first kappa shape index (κ1) is 25.6. The van der Waals surface area contributed by atoms with E-state index in [2.05, 4.69) is 46.2 Å². The minimum absolute atomic E-state index is 0.107. The number of urea groups is 1. The summed E-state index contributed by atoms with van der Waals surface area (Å²) in [7, 11) is 0. The predicted octanol–water partition coefficient (Wildman–Crippen LogP) is -0.913. The number of aliphatic carboxylic acids is 1. The molecule has 26 heavy (non-hydrogen) atoms. The van der Waals surface area contributed by atoms with Gasteiger partial charge in [0.05, 0.1) is 18.7 Å². The normalized spacial score (nSPS) is 12.7. The Morgan fingerprint density at radius 2 is 2.00 bits per heavy atom. The van der Waals surface area contributed by atoms with Crippen molar-refractivity contribution in [2.45, 2.75) is 38.6 Å². The van der Waals surface area contributed by atoms with Gasteiger partial charge in [0, 0.05) is 5.75 Å². The van der Waals surface area contributed by atoms with E-state index >= 15 is 0 Å². The van der Waals surface area contributed by atoms with Crippen LogP contribution in [-0.4, -0.2) is 56.5 Å². The lowest BCUT2D eigenvalue weighted by Crippen LogP contribution is -2.51. The third-order valence-corrected chi connectivity index (χ3v) is 2.84. The van der Waals surface area contributed by atoms with Crippen LogP contribution >= 0.6 is 12.6 Å². The van der Waals surface area contributed by atoms with Gasteiger partial charge >= 0.3 is 12.0 Å². The number of carbonyl (C=O) groups excluding carboxylic acids is 2. The smallest absolute Gasteiger partial charge is 0.328 e. The second kappa shape index (κ2) is 14.7. The Morgan fingerprint density at radius 1 is 1.46 bits per heavy atom. The summed E-state index contributed by atoms with van der Waals surface area (Å²) >= 11 is 3.99. The van der Waals surface area contributed by atoms with Gasteiger partial charge in [0.15, 0.2) is 11.9 Å². The number of carboxylic acids is 1. The first-order valence-electron chi connectivity index (χ1n) is 7.14. The monoisotopic (exact) mass is 389 g/mol. The molecule has 6 N–H and O–H groups in total. The summed E-state index contributed by atoms with van der Waals surface area (Å²) in [4.78, 5) is 35.1. The van der Waals surface area contributed by atoms with Gasteiger partial charge in [-0.1, -0.05) is 5.16 Å². The van der Waals surface area contributed by atoms with Crippen LogP contribution in [0.15, 0.2) is 4.52 Å². The molecule has 3 atom stereocenters. The number of aromatic nitrogens is 2. The number of rotatable bonds is 7. The van der Waals surface area contributed by atoms with Gasteiger partial charge in [0.25, 0.3) is 0 Å². The average Bonchev–Trinajstić information content (AvgIpc) is 3.08.